The zero-order valence-corrected chi connectivity index (χ0v) is 16.2. The van der Waals surface area contributed by atoms with Crippen LogP contribution in [0, 0.1) is 0 Å². The fourth-order valence-electron chi connectivity index (χ4n) is 2.05. The molecule has 0 fully saturated rings. The van der Waals surface area contributed by atoms with Gasteiger partial charge < -0.3 is 9.47 Å². The molecular formula is C20H21BrN2O3. The molecule has 1 amide bonds. The molecule has 1 N–H and O–H groups in total. The molecule has 5 nitrogen and oxygen atoms in total. The average molecular weight is 417 g/mol. The van der Waals surface area contributed by atoms with Crippen LogP contribution < -0.4 is 14.9 Å². The average Bonchev–Trinajstić information content (AvgIpc) is 2.66. The highest BCUT2D eigenvalue weighted by Crippen LogP contribution is 2.21. The number of nitrogens with one attached hydrogen (secondary N) is 1. The first-order valence-corrected chi connectivity index (χ1v) is 9.03. The van der Waals surface area contributed by atoms with Crippen molar-refractivity contribution in [2.75, 3.05) is 13.2 Å². The number of carbonyl (C=O) groups is 1. The van der Waals surface area contributed by atoms with Gasteiger partial charge in [0.25, 0.3) is 5.91 Å². The Balaban J connectivity index is 2.00. The standard InChI is InChI=1S/C20H21BrN2O3/c1-3-11-25-18-8-5-15(6-9-18)20(24)23-22-14-16-13-17(21)7-10-19(16)26-12-4-2/h4-10,13-14H,2-3,11-12H2,1H3,(H,23,24)/b22-14-. The van der Waals surface area contributed by atoms with E-state index in [0.29, 0.717) is 24.5 Å². The van der Waals surface area contributed by atoms with Crippen molar-refractivity contribution in [3.63, 3.8) is 0 Å². The Morgan fingerprint density at radius 1 is 1.23 bits per heavy atom. The number of amides is 1. The molecule has 0 aliphatic rings. The maximum atomic E-state index is 12.2. The van der Waals surface area contributed by atoms with Gasteiger partial charge in [-0.15, -0.1) is 0 Å². The summed E-state index contributed by atoms with van der Waals surface area (Å²) >= 11 is 3.41. The van der Waals surface area contributed by atoms with E-state index in [9.17, 15) is 4.79 Å². The van der Waals surface area contributed by atoms with E-state index >= 15 is 0 Å². The van der Waals surface area contributed by atoms with Crippen LogP contribution in [0.3, 0.4) is 0 Å². The molecule has 0 aliphatic carbocycles. The van der Waals surface area contributed by atoms with Crippen LogP contribution in [0.2, 0.25) is 0 Å². The van der Waals surface area contributed by atoms with Gasteiger partial charge in [-0.2, -0.15) is 5.10 Å². The predicted octanol–water partition coefficient (Wildman–Crippen LogP) is 4.57. The Bertz CT molecular complexity index is 773. The number of nitrogens with zero attached hydrogens (tertiary/aromatic N) is 1. The molecule has 6 heteroatoms. The lowest BCUT2D eigenvalue weighted by Gasteiger charge is -2.07. The van der Waals surface area contributed by atoms with E-state index in [0.717, 1.165) is 22.2 Å². The maximum Gasteiger partial charge on any atom is 0.271 e. The van der Waals surface area contributed by atoms with E-state index in [2.05, 4.69) is 33.0 Å². The fraction of sp³-hybridized carbons (Fsp3) is 0.200. The normalized spacial score (nSPS) is 10.5. The smallest absolute Gasteiger partial charge is 0.271 e. The molecule has 0 aliphatic heterocycles. The van der Waals surface area contributed by atoms with Gasteiger partial charge in [0.15, 0.2) is 0 Å². The molecule has 0 atom stereocenters. The number of halogens is 1. The molecule has 0 saturated heterocycles. The first-order valence-electron chi connectivity index (χ1n) is 8.23. The highest BCUT2D eigenvalue weighted by Gasteiger charge is 2.05. The summed E-state index contributed by atoms with van der Waals surface area (Å²) in [6.45, 7) is 6.71. The molecule has 2 aromatic rings. The second kappa shape index (κ2) is 10.4. The summed E-state index contributed by atoms with van der Waals surface area (Å²) in [7, 11) is 0. The number of rotatable bonds is 9. The zero-order valence-electron chi connectivity index (χ0n) is 14.6. The summed E-state index contributed by atoms with van der Waals surface area (Å²) in [5.41, 5.74) is 3.76. The third kappa shape index (κ3) is 6.04. The molecule has 0 radical (unpaired) electrons. The lowest BCUT2D eigenvalue weighted by Crippen LogP contribution is -2.17. The van der Waals surface area contributed by atoms with Crippen molar-refractivity contribution < 1.29 is 14.3 Å². The van der Waals surface area contributed by atoms with Gasteiger partial charge in [0, 0.05) is 15.6 Å². The van der Waals surface area contributed by atoms with Crippen LogP contribution in [0.25, 0.3) is 0 Å². The van der Waals surface area contributed by atoms with Gasteiger partial charge in [0.2, 0.25) is 0 Å². The molecule has 0 heterocycles. The third-order valence-electron chi connectivity index (χ3n) is 3.29. The Morgan fingerprint density at radius 2 is 2.00 bits per heavy atom. The Labute approximate surface area is 161 Å². The lowest BCUT2D eigenvalue weighted by molar-refractivity contribution is 0.0955. The van der Waals surface area contributed by atoms with Crippen molar-refractivity contribution in [1.29, 1.82) is 0 Å². The highest BCUT2D eigenvalue weighted by atomic mass is 79.9. The third-order valence-corrected chi connectivity index (χ3v) is 3.78. The molecule has 26 heavy (non-hydrogen) atoms. The van der Waals surface area contributed by atoms with Crippen LogP contribution in [0.15, 0.2) is 64.7 Å². The quantitative estimate of drug-likeness (QED) is 0.370. The SMILES string of the molecule is C=CCOc1ccc(Br)cc1/C=N\NC(=O)c1ccc(OCCC)cc1. The molecule has 0 aromatic heterocycles. The summed E-state index contributed by atoms with van der Waals surface area (Å²) in [6, 6.07) is 12.5. The first-order chi connectivity index (χ1) is 12.6. The van der Waals surface area contributed by atoms with E-state index in [1.54, 1.807) is 36.6 Å². The number of hydrazone groups is 1. The van der Waals surface area contributed by atoms with Gasteiger partial charge in [-0.1, -0.05) is 35.5 Å². The number of ether oxygens (including phenoxy) is 2. The second-order valence-electron chi connectivity index (χ2n) is 5.35. The van der Waals surface area contributed by atoms with Gasteiger partial charge in [-0.05, 0) is 48.9 Å². The van der Waals surface area contributed by atoms with Crippen LogP contribution in [0.1, 0.15) is 29.3 Å². The fourth-order valence-corrected chi connectivity index (χ4v) is 2.43. The molecule has 0 bridgehead atoms. The van der Waals surface area contributed by atoms with Gasteiger partial charge in [-0.25, -0.2) is 5.43 Å². The summed E-state index contributed by atoms with van der Waals surface area (Å²) in [5, 5.41) is 4.02. The second-order valence-corrected chi connectivity index (χ2v) is 6.27. The Morgan fingerprint density at radius 3 is 2.69 bits per heavy atom. The van der Waals surface area contributed by atoms with Gasteiger partial charge in [0.05, 0.1) is 12.8 Å². The Hall–Kier alpha value is -2.60. The van der Waals surface area contributed by atoms with Gasteiger partial charge in [-0.3, -0.25) is 4.79 Å². The molecular weight excluding hydrogens is 396 g/mol. The number of benzene rings is 2. The Kier molecular flexibility index (Phi) is 7.89. The van der Waals surface area contributed by atoms with Crippen LogP contribution in [0.4, 0.5) is 0 Å². The number of carbonyl (C=O) groups excluding carboxylic acids is 1. The highest BCUT2D eigenvalue weighted by molar-refractivity contribution is 9.10. The van der Waals surface area contributed by atoms with Crippen molar-refractivity contribution in [2.24, 2.45) is 5.10 Å². The largest absolute Gasteiger partial charge is 0.494 e. The van der Waals surface area contributed by atoms with E-state index in [4.69, 9.17) is 9.47 Å². The lowest BCUT2D eigenvalue weighted by atomic mass is 10.2. The van der Waals surface area contributed by atoms with Crippen LogP contribution in [-0.2, 0) is 0 Å². The van der Waals surface area contributed by atoms with Crippen molar-refractivity contribution in [3.05, 3.63) is 70.7 Å². The van der Waals surface area contributed by atoms with E-state index < -0.39 is 0 Å². The van der Waals surface area contributed by atoms with E-state index in [1.807, 2.05) is 25.1 Å². The van der Waals surface area contributed by atoms with Crippen LogP contribution in [-0.4, -0.2) is 25.3 Å². The summed E-state index contributed by atoms with van der Waals surface area (Å²) in [6.07, 6.45) is 4.14. The predicted molar refractivity (Wildman–Crippen MR) is 107 cm³/mol. The summed E-state index contributed by atoms with van der Waals surface area (Å²) < 4.78 is 12.0. The van der Waals surface area contributed by atoms with E-state index in [-0.39, 0.29) is 5.91 Å². The minimum Gasteiger partial charge on any atom is -0.494 e. The van der Waals surface area contributed by atoms with Crippen LogP contribution in [0.5, 0.6) is 11.5 Å². The molecule has 2 aromatic carbocycles. The molecule has 136 valence electrons. The minimum atomic E-state index is -0.299. The van der Waals surface area contributed by atoms with Crippen LogP contribution >= 0.6 is 15.9 Å². The van der Waals surface area contributed by atoms with Crippen molar-refractivity contribution in [3.8, 4) is 11.5 Å². The summed E-state index contributed by atoms with van der Waals surface area (Å²) in [5.74, 6) is 1.10. The molecule has 0 spiro atoms. The summed E-state index contributed by atoms with van der Waals surface area (Å²) in [4.78, 5) is 12.2. The minimum absolute atomic E-state index is 0.299. The van der Waals surface area contributed by atoms with Crippen molar-refractivity contribution >= 4 is 28.1 Å². The molecule has 2 rings (SSSR count). The zero-order chi connectivity index (χ0) is 18.8. The first kappa shape index (κ1) is 19.7. The monoisotopic (exact) mass is 416 g/mol. The number of hydrogen-bond donors (Lipinski definition) is 1. The van der Waals surface area contributed by atoms with Crippen molar-refractivity contribution in [1.82, 2.24) is 5.43 Å². The van der Waals surface area contributed by atoms with Gasteiger partial charge in [0.1, 0.15) is 18.1 Å². The number of hydrogen-bond acceptors (Lipinski definition) is 4. The van der Waals surface area contributed by atoms with E-state index in [1.165, 1.54) is 0 Å². The van der Waals surface area contributed by atoms with Crippen molar-refractivity contribution in [2.45, 2.75) is 13.3 Å². The van der Waals surface area contributed by atoms with Gasteiger partial charge >= 0.3 is 0 Å². The topological polar surface area (TPSA) is 59.9 Å². The maximum absolute atomic E-state index is 12.2. The molecule has 0 unspecified atom stereocenters. The molecule has 0 saturated carbocycles.